The van der Waals surface area contributed by atoms with E-state index >= 15 is 0 Å². The summed E-state index contributed by atoms with van der Waals surface area (Å²) in [4.78, 5) is 25.1. The molecular weight excluding hydrogens is 406 g/mol. The molecule has 1 aliphatic rings. The number of aromatic nitrogens is 2. The fraction of sp³-hybridized carbons (Fsp3) is 0.208. The predicted octanol–water partition coefficient (Wildman–Crippen LogP) is 4.32. The Morgan fingerprint density at radius 2 is 1.94 bits per heavy atom. The number of fused-ring (bicyclic) bond motifs is 2. The van der Waals surface area contributed by atoms with Crippen LogP contribution in [0.2, 0.25) is 0 Å². The second-order valence-electron chi connectivity index (χ2n) is 7.91. The zero-order chi connectivity index (χ0) is 21.5. The van der Waals surface area contributed by atoms with Crippen molar-refractivity contribution in [1.82, 2.24) is 14.9 Å². The van der Waals surface area contributed by atoms with Gasteiger partial charge in [0.15, 0.2) is 5.82 Å². The Balaban J connectivity index is 1.62. The molecule has 156 valence electrons. The fourth-order valence-corrected chi connectivity index (χ4v) is 5.33. The number of carbonyl (C=O) groups excluding carboxylic acids is 1. The number of carbonyl (C=O) groups is 1. The first-order valence-electron chi connectivity index (χ1n) is 10.2. The molecule has 7 heteroatoms. The molecule has 6 nitrogen and oxygen atoms in total. The maximum Gasteiger partial charge on any atom is 0.250 e. The normalized spacial score (nSPS) is 13.5. The number of nitrogens with zero attached hydrogens (tertiary/aromatic N) is 3. The summed E-state index contributed by atoms with van der Waals surface area (Å²) in [5.41, 5.74) is 10.5. The third-order valence-electron chi connectivity index (χ3n) is 5.62. The lowest BCUT2D eigenvalue weighted by Crippen LogP contribution is -2.10. The number of hydrogen-bond acceptors (Lipinski definition) is 6. The van der Waals surface area contributed by atoms with E-state index in [9.17, 15) is 4.79 Å². The van der Waals surface area contributed by atoms with E-state index in [-0.39, 0.29) is 0 Å². The van der Waals surface area contributed by atoms with Crippen molar-refractivity contribution in [2.24, 2.45) is 5.73 Å². The van der Waals surface area contributed by atoms with Crippen LogP contribution < -0.4 is 11.1 Å². The van der Waals surface area contributed by atoms with E-state index in [1.807, 2.05) is 37.3 Å². The van der Waals surface area contributed by atoms with Crippen LogP contribution in [0.4, 0.5) is 5.82 Å². The third-order valence-corrected chi connectivity index (χ3v) is 6.78. The lowest BCUT2D eigenvalue weighted by molar-refractivity contribution is 0.100. The summed E-state index contributed by atoms with van der Waals surface area (Å²) in [6.45, 7) is 4.35. The van der Waals surface area contributed by atoms with Gasteiger partial charge in [-0.15, -0.1) is 11.3 Å². The van der Waals surface area contributed by atoms with Crippen LogP contribution in [0.3, 0.4) is 0 Å². The molecule has 2 aromatic heterocycles. The molecule has 0 fully saturated rings. The molecule has 0 atom stereocenters. The molecule has 1 amide bonds. The summed E-state index contributed by atoms with van der Waals surface area (Å²) < 4.78 is 0.891. The van der Waals surface area contributed by atoms with Gasteiger partial charge in [-0.25, -0.2) is 9.97 Å². The van der Waals surface area contributed by atoms with Crippen molar-refractivity contribution in [3.63, 3.8) is 0 Å². The van der Waals surface area contributed by atoms with Gasteiger partial charge in [-0.05, 0) is 25.6 Å². The van der Waals surface area contributed by atoms with Crippen LogP contribution in [-0.2, 0) is 19.6 Å². The minimum Gasteiger partial charge on any atom is -0.366 e. The van der Waals surface area contributed by atoms with Gasteiger partial charge in [0.1, 0.15) is 5.82 Å². The van der Waals surface area contributed by atoms with Crippen molar-refractivity contribution in [2.75, 3.05) is 12.4 Å². The Labute approximate surface area is 184 Å². The Hall–Kier alpha value is -3.29. The predicted molar refractivity (Wildman–Crippen MR) is 125 cm³/mol. The van der Waals surface area contributed by atoms with Gasteiger partial charge < -0.3 is 11.1 Å². The summed E-state index contributed by atoms with van der Waals surface area (Å²) in [6.07, 6.45) is 0. The number of rotatable bonds is 5. The number of benzene rings is 2. The summed E-state index contributed by atoms with van der Waals surface area (Å²) in [5, 5.41) is 4.50. The second-order valence-corrected chi connectivity index (χ2v) is 9.14. The SMILES string of the molecule is Cc1sc2c(C(N)=O)cccc2c1-c1nc2c(c(NCc3ccccc3)n1)CN(C)C2. The molecule has 5 rings (SSSR count). The molecule has 0 saturated heterocycles. The average molecular weight is 430 g/mol. The largest absolute Gasteiger partial charge is 0.366 e. The van der Waals surface area contributed by atoms with Crippen molar-refractivity contribution in [1.29, 1.82) is 0 Å². The van der Waals surface area contributed by atoms with Gasteiger partial charge in [-0.1, -0.05) is 42.5 Å². The Bertz CT molecular complexity index is 1300. The topological polar surface area (TPSA) is 84.1 Å². The summed E-state index contributed by atoms with van der Waals surface area (Å²) >= 11 is 1.57. The van der Waals surface area contributed by atoms with Crippen molar-refractivity contribution >= 4 is 33.1 Å². The fourth-order valence-electron chi connectivity index (χ4n) is 4.16. The molecule has 0 unspecified atom stereocenters. The molecule has 0 bridgehead atoms. The second kappa shape index (κ2) is 7.76. The first kappa shape index (κ1) is 19.7. The Morgan fingerprint density at radius 3 is 2.71 bits per heavy atom. The molecule has 0 aliphatic carbocycles. The molecule has 31 heavy (non-hydrogen) atoms. The number of hydrogen-bond donors (Lipinski definition) is 2. The van der Waals surface area contributed by atoms with Gasteiger partial charge in [0.05, 0.1) is 11.3 Å². The van der Waals surface area contributed by atoms with Crippen molar-refractivity contribution in [3.05, 3.63) is 75.8 Å². The third kappa shape index (κ3) is 3.56. The van der Waals surface area contributed by atoms with Crippen LogP contribution in [0.25, 0.3) is 21.5 Å². The smallest absolute Gasteiger partial charge is 0.250 e. The van der Waals surface area contributed by atoms with E-state index in [2.05, 4.69) is 29.4 Å². The number of nitrogens with one attached hydrogen (secondary N) is 1. The molecular formula is C24H23N5OS. The maximum atomic E-state index is 11.9. The van der Waals surface area contributed by atoms with E-state index in [1.165, 1.54) is 5.56 Å². The summed E-state index contributed by atoms with van der Waals surface area (Å²) in [7, 11) is 2.09. The summed E-state index contributed by atoms with van der Waals surface area (Å²) in [5.74, 6) is 1.15. The van der Waals surface area contributed by atoms with Gasteiger partial charge in [-0.2, -0.15) is 0 Å². The van der Waals surface area contributed by atoms with Crippen molar-refractivity contribution in [2.45, 2.75) is 26.6 Å². The number of primary amides is 1. The summed E-state index contributed by atoms with van der Waals surface area (Å²) in [6, 6.07) is 16.0. The highest BCUT2D eigenvalue weighted by molar-refractivity contribution is 7.20. The number of aryl methyl sites for hydroxylation is 1. The van der Waals surface area contributed by atoms with Gasteiger partial charge in [0.2, 0.25) is 5.91 Å². The van der Waals surface area contributed by atoms with Gasteiger partial charge >= 0.3 is 0 Å². The van der Waals surface area contributed by atoms with Crippen LogP contribution >= 0.6 is 11.3 Å². The molecule has 3 heterocycles. The van der Waals surface area contributed by atoms with E-state index in [4.69, 9.17) is 15.7 Å². The highest BCUT2D eigenvalue weighted by atomic mass is 32.1. The zero-order valence-electron chi connectivity index (χ0n) is 17.5. The number of anilines is 1. The van der Waals surface area contributed by atoms with Crippen molar-refractivity contribution < 1.29 is 4.79 Å². The molecule has 0 saturated carbocycles. The van der Waals surface area contributed by atoms with Gasteiger partial charge in [-0.3, -0.25) is 9.69 Å². The standard InChI is InChI=1S/C24H23N5OS/c1-14-20(16-9-6-10-17(22(25)30)21(16)31-14)24-27-19-13-29(2)12-18(19)23(28-24)26-11-15-7-4-3-5-8-15/h3-10H,11-13H2,1-2H3,(H2,25,30)(H,26,27,28). The van der Waals surface area contributed by atoms with Gasteiger partial charge in [0, 0.05) is 45.7 Å². The molecule has 1 aliphatic heterocycles. The maximum absolute atomic E-state index is 11.9. The minimum atomic E-state index is -0.417. The molecule has 0 spiro atoms. The molecule has 0 radical (unpaired) electrons. The van der Waals surface area contributed by atoms with Gasteiger partial charge in [0.25, 0.3) is 0 Å². The van der Waals surface area contributed by atoms with E-state index in [1.54, 1.807) is 17.4 Å². The van der Waals surface area contributed by atoms with E-state index < -0.39 is 5.91 Å². The van der Waals surface area contributed by atoms with E-state index in [0.29, 0.717) is 17.9 Å². The van der Waals surface area contributed by atoms with Crippen LogP contribution in [-0.4, -0.2) is 27.8 Å². The molecule has 2 aromatic carbocycles. The monoisotopic (exact) mass is 429 g/mol. The number of nitrogens with two attached hydrogens (primary N) is 1. The molecule has 3 N–H and O–H groups in total. The zero-order valence-corrected chi connectivity index (χ0v) is 18.3. The first-order chi connectivity index (χ1) is 15.0. The number of amides is 1. The molecule has 4 aromatic rings. The van der Waals surface area contributed by atoms with E-state index in [0.717, 1.165) is 50.7 Å². The minimum absolute atomic E-state index is 0.417. The van der Waals surface area contributed by atoms with Crippen LogP contribution in [0, 0.1) is 6.92 Å². The Morgan fingerprint density at radius 1 is 1.13 bits per heavy atom. The lowest BCUT2D eigenvalue weighted by Gasteiger charge is -2.12. The number of thiophene rings is 1. The average Bonchev–Trinajstić information content (AvgIpc) is 3.30. The Kier molecular flexibility index (Phi) is 4.92. The van der Waals surface area contributed by atoms with Crippen molar-refractivity contribution in [3.8, 4) is 11.4 Å². The van der Waals surface area contributed by atoms with Crippen LogP contribution in [0.1, 0.15) is 32.1 Å². The lowest BCUT2D eigenvalue weighted by atomic mass is 10.1. The quantitative estimate of drug-likeness (QED) is 0.493. The van der Waals surface area contributed by atoms with Crippen LogP contribution in [0.5, 0.6) is 0 Å². The van der Waals surface area contributed by atoms with Crippen LogP contribution in [0.15, 0.2) is 48.5 Å². The highest BCUT2D eigenvalue weighted by Crippen LogP contribution is 2.40. The first-order valence-corrected chi connectivity index (χ1v) is 11.0. The highest BCUT2D eigenvalue weighted by Gasteiger charge is 2.25.